The molecule has 9 heteroatoms. The van der Waals surface area contributed by atoms with E-state index in [0.717, 1.165) is 0 Å². The van der Waals surface area contributed by atoms with Gasteiger partial charge in [-0.2, -0.15) is 0 Å². The molecule has 0 aromatic carbocycles. The molecule has 3 aliphatic heterocycles. The SMILES string of the molecule is CC1(C)CC(OC(=O)CC(C(=O)OC2CC(C)(C)NC2(C)C)C(=O)OC2CC(C)(C)NC2(C)C)C(C)(C)N1. The molecule has 3 rings (SSSR count). The molecule has 3 unspecified atom stereocenters. The lowest BCUT2D eigenvalue weighted by atomic mass is 9.95. The predicted molar refractivity (Wildman–Crippen MR) is 145 cm³/mol. The first kappa shape index (κ1) is 30.8. The smallest absolute Gasteiger partial charge is 0.321 e. The molecule has 3 N–H and O–H groups in total. The number of hydrogen-bond acceptors (Lipinski definition) is 9. The van der Waals surface area contributed by atoms with E-state index in [1.54, 1.807) is 0 Å². The van der Waals surface area contributed by atoms with Gasteiger partial charge in [0.1, 0.15) is 18.3 Å². The number of esters is 3. The molecule has 3 atom stereocenters. The van der Waals surface area contributed by atoms with E-state index in [1.165, 1.54) is 0 Å². The summed E-state index contributed by atoms with van der Waals surface area (Å²) in [5, 5.41) is 10.4. The Morgan fingerprint density at radius 1 is 0.579 bits per heavy atom. The van der Waals surface area contributed by atoms with Gasteiger partial charge < -0.3 is 30.2 Å². The van der Waals surface area contributed by atoms with Crippen molar-refractivity contribution in [2.75, 3.05) is 0 Å². The average molecular weight is 538 g/mol. The van der Waals surface area contributed by atoms with Crippen LogP contribution in [-0.2, 0) is 28.6 Å². The van der Waals surface area contributed by atoms with Crippen molar-refractivity contribution in [2.45, 2.75) is 160 Å². The largest absolute Gasteiger partial charge is 0.460 e. The molecule has 9 nitrogen and oxygen atoms in total. The zero-order chi connectivity index (χ0) is 29.1. The van der Waals surface area contributed by atoms with Crippen molar-refractivity contribution in [3.63, 3.8) is 0 Å². The molecule has 218 valence electrons. The van der Waals surface area contributed by atoms with Gasteiger partial charge in [-0.3, -0.25) is 14.4 Å². The van der Waals surface area contributed by atoms with Crippen LogP contribution in [0.3, 0.4) is 0 Å². The number of nitrogens with one attached hydrogen (secondary N) is 3. The summed E-state index contributed by atoms with van der Waals surface area (Å²) < 4.78 is 17.7. The fourth-order valence-electron chi connectivity index (χ4n) is 6.81. The van der Waals surface area contributed by atoms with Crippen LogP contribution in [0.25, 0.3) is 0 Å². The monoisotopic (exact) mass is 537 g/mol. The summed E-state index contributed by atoms with van der Waals surface area (Å²) >= 11 is 0. The van der Waals surface area contributed by atoms with Crippen LogP contribution >= 0.6 is 0 Å². The van der Waals surface area contributed by atoms with Crippen molar-refractivity contribution in [1.29, 1.82) is 0 Å². The second-order valence-electron chi connectivity index (χ2n) is 15.4. The normalized spacial score (nSPS) is 32.4. The van der Waals surface area contributed by atoms with E-state index >= 15 is 0 Å². The van der Waals surface area contributed by atoms with Crippen molar-refractivity contribution in [3.8, 4) is 0 Å². The minimum atomic E-state index is -1.41. The molecular formula is C29H51N3O6. The van der Waals surface area contributed by atoms with E-state index in [1.807, 2.05) is 69.2 Å². The second kappa shape index (κ2) is 9.73. The third-order valence-electron chi connectivity index (χ3n) is 8.21. The van der Waals surface area contributed by atoms with Gasteiger partial charge in [-0.25, -0.2) is 0 Å². The Hall–Kier alpha value is -1.71. The van der Waals surface area contributed by atoms with E-state index in [0.29, 0.717) is 19.3 Å². The van der Waals surface area contributed by atoms with Gasteiger partial charge in [0.2, 0.25) is 0 Å². The van der Waals surface area contributed by atoms with Crippen LogP contribution in [0.1, 0.15) is 109 Å². The lowest BCUT2D eigenvalue weighted by molar-refractivity contribution is -0.175. The Balaban J connectivity index is 1.78. The Morgan fingerprint density at radius 2 is 0.868 bits per heavy atom. The molecule has 0 saturated carbocycles. The average Bonchev–Trinajstić information content (AvgIpc) is 3.11. The number of ether oxygens (including phenoxy) is 3. The van der Waals surface area contributed by atoms with Gasteiger partial charge in [-0.1, -0.05) is 0 Å². The third kappa shape index (κ3) is 7.07. The first-order valence-electron chi connectivity index (χ1n) is 13.9. The molecule has 0 bridgehead atoms. The fourth-order valence-corrected chi connectivity index (χ4v) is 6.81. The van der Waals surface area contributed by atoms with Crippen molar-refractivity contribution in [1.82, 2.24) is 16.0 Å². The maximum Gasteiger partial charge on any atom is 0.321 e. The van der Waals surface area contributed by atoms with Crippen molar-refractivity contribution < 1.29 is 28.6 Å². The van der Waals surface area contributed by atoms with Gasteiger partial charge in [0.05, 0.1) is 23.0 Å². The van der Waals surface area contributed by atoms with Gasteiger partial charge >= 0.3 is 17.9 Å². The number of carbonyl (C=O) groups excluding carboxylic acids is 3. The number of rotatable bonds is 7. The molecule has 0 aromatic rings. The summed E-state index contributed by atoms with van der Waals surface area (Å²) in [6.45, 7) is 24.1. The Kier molecular flexibility index (Phi) is 7.90. The lowest BCUT2D eigenvalue weighted by Crippen LogP contribution is -2.49. The maximum atomic E-state index is 13.5. The van der Waals surface area contributed by atoms with Gasteiger partial charge in [0.25, 0.3) is 0 Å². The number of carbonyl (C=O) groups is 3. The highest BCUT2D eigenvalue weighted by Crippen LogP contribution is 2.36. The number of hydrogen-bond donors (Lipinski definition) is 3. The fraction of sp³-hybridized carbons (Fsp3) is 0.897. The Morgan fingerprint density at radius 3 is 1.13 bits per heavy atom. The van der Waals surface area contributed by atoms with Gasteiger partial charge in [-0.15, -0.1) is 0 Å². The van der Waals surface area contributed by atoms with Crippen LogP contribution < -0.4 is 16.0 Å². The molecule has 38 heavy (non-hydrogen) atoms. The molecule has 0 amide bonds. The Labute approximate surface area is 228 Å². The summed E-state index contributed by atoms with van der Waals surface area (Å²) in [5.41, 5.74) is -2.08. The van der Waals surface area contributed by atoms with Crippen LogP contribution in [0.2, 0.25) is 0 Å². The third-order valence-corrected chi connectivity index (χ3v) is 8.21. The molecule has 0 radical (unpaired) electrons. The first-order valence-corrected chi connectivity index (χ1v) is 13.9. The van der Waals surface area contributed by atoms with E-state index in [2.05, 4.69) is 29.8 Å². The zero-order valence-corrected chi connectivity index (χ0v) is 25.6. The molecule has 3 heterocycles. The van der Waals surface area contributed by atoms with E-state index in [9.17, 15) is 14.4 Å². The van der Waals surface area contributed by atoms with Crippen molar-refractivity contribution in [2.24, 2.45) is 5.92 Å². The molecule has 0 aromatic heterocycles. The van der Waals surface area contributed by atoms with Gasteiger partial charge in [0, 0.05) is 35.9 Å². The summed E-state index contributed by atoms with van der Waals surface area (Å²) in [5.74, 6) is -3.53. The van der Waals surface area contributed by atoms with E-state index < -0.39 is 65.2 Å². The summed E-state index contributed by atoms with van der Waals surface area (Å²) in [4.78, 5) is 40.2. The Bertz CT molecular complexity index is 902. The summed E-state index contributed by atoms with van der Waals surface area (Å²) in [6.07, 6.45) is 0.0519. The van der Waals surface area contributed by atoms with E-state index in [4.69, 9.17) is 14.2 Å². The molecule has 3 saturated heterocycles. The lowest BCUT2D eigenvalue weighted by Gasteiger charge is -2.31. The predicted octanol–water partition coefficient (Wildman–Crippen LogP) is 3.38. The molecular weight excluding hydrogens is 486 g/mol. The van der Waals surface area contributed by atoms with Crippen LogP contribution in [0, 0.1) is 5.92 Å². The molecule has 3 aliphatic rings. The maximum absolute atomic E-state index is 13.5. The molecule has 3 fully saturated rings. The first-order chi connectivity index (χ1) is 16.9. The van der Waals surface area contributed by atoms with Crippen LogP contribution in [0.4, 0.5) is 0 Å². The highest BCUT2D eigenvalue weighted by Gasteiger charge is 2.51. The highest BCUT2D eigenvalue weighted by molar-refractivity contribution is 5.98. The highest BCUT2D eigenvalue weighted by atomic mass is 16.6. The van der Waals surface area contributed by atoms with Crippen LogP contribution in [0.5, 0.6) is 0 Å². The topological polar surface area (TPSA) is 115 Å². The van der Waals surface area contributed by atoms with Crippen LogP contribution in [-0.4, -0.2) is 69.5 Å². The quantitative estimate of drug-likeness (QED) is 0.255. The molecule has 0 aliphatic carbocycles. The minimum absolute atomic E-state index is 0.201. The van der Waals surface area contributed by atoms with E-state index in [-0.39, 0.29) is 16.6 Å². The molecule has 0 spiro atoms. The van der Waals surface area contributed by atoms with Crippen molar-refractivity contribution in [3.05, 3.63) is 0 Å². The second-order valence-corrected chi connectivity index (χ2v) is 15.4. The van der Waals surface area contributed by atoms with Gasteiger partial charge in [-0.05, 0) is 83.1 Å². The summed E-state index contributed by atoms with van der Waals surface area (Å²) in [6, 6.07) is 0. The van der Waals surface area contributed by atoms with Crippen LogP contribution in [0.15, 0.2) is 0 Å². The minimum Gasteiger partial charge on any atom is -0.460 e. The standard InChI is InChI=1S/C29H51N3O6/c1-24(2)14-18(27(7,8)30-24)36-21(33)13-17(22(34)37-19-15-25(3,4)31-28(19,9)10)23(35)38-20-16-26(5,6)32-29(20,11)12/h17-20,30-32H,13-16H2,1-12H3. The van der Waals surface area contributed by atoms with Gasteiger partial charge in [0.15, 0.2) is 5.92 Å². The van der Waals surface area contributed by atoms with Crippen molar-refractivity contribution >= 4 is 17.9 Å². The zero-order valence-electron chi connectivity index (χ0n) is 25.6. The summed E-state index contributed by atoms with van der Waals surface area (Å²) in [7, 11) is 0.